The Bertz CT molecular complexity index is 1360. The highest BCUT2D eigenvalue weighted by Gasteiger charge is 2.35. The number of rotatable bonds is 7. The largest absolute Gasteiger partial charge is 0.485 e. The molecule has 0 bridgehead atoms. The van der Waals surface area contributed by atoms with E-state index in [0.29, 0.717) is 28.4 Å². The van der Waals surface area contributed by atoms with Crippen LogP contribution in [0.4, 0.5) is 16.2 Å². The second kappa shape index (κ2) is 12.2. The summed E-state index contributed by atoms with van der Waals surface area (Å²) in [7, 11) is 1.64. The summed E-state index contributed by atoms with van der Waals surface area (Å²) in [6.45, 7) is 7.35. The third-order valence-corrected chi connectivity index (χ3v) is 6.95. The molecular formula is C28H34N6O6. The van der Waals surface area contributed by atoms with Gasteiger partial charge < -0.3 is 34.8 Å². The van der Waals surface area contributed by atoms with E-state index in [0.717, 1.165) is 0 Å². The van der Waals surface area contributed by atoms with E-state index in [1.165, 1.54) is 17.3 Å². The highest BCUT2D eigenvalue weighted by molar-refractivity contribution is 6.07. The van der Waals surface area contributed by atoms with Gasteiger partial charge in [0.25, 0.3) is 11.8 Å². The molecule has 4 amide bonds. The fraction of sp³-hybridized carbons (Fsp3) is 0.393. The number of likely N-dealkylation sites (N-methyl/N-ethyl adjacent to an activating group) is 1. The molecule has 40 heavy (non-hydrogen) atoms. The number of para-hydroxylation sites is 1. The molecule has 1 aromatic carbocycles. The summed E-state index contributed by atoms with van der Waals surface area (Å²) in [4.78, 5) is 46.7. The Hall–Kier alpha value is -4.45. The minimum absolute atomic E-state index is 0.165. The Labute approximate surface area is 232 Å². The standard InChI is InChI=1S/C28H34N6O6/c1-16-13-34(17(2)15-35)27(37)21-7-6-8-22(30-26(36)20-9-11-29-12-10-20)25(21)39-23(16)14-33(5)28(38)31-24-18(3)32-40-19(24)4/h6-12,16-17,23,35H,13-15H2,1-5H3,(H,30,36)(H,31,38)/t16-,17+,23-/m1/s1. The maximum Gasteiger partial charge on any atom is 0.321 e. The molecule has 3 heterocycles. The number of amides is 4. The third kappa shape index (κ3) is 6.07. The van der Waals surface area contributed by atoms with Gasteiger partial charge in [-0.05, 0) is 45.0 Å². The molecule has 3 atom stereocenters. The SMILES string of the molecule is Cc1noc(C)c1NC(=O)N(C)C[C@H]1Oc2c(NC(=O)c3ccncc3)cccc2C(=O)N([C@@H](C)CO)C[C@H]1C. The van der Waals surface area contributed by atoms with E-state index >= 15 is 0 Å². The molecule has 0 radical (unpaired) electrons. The lowest BCUT2D eigenvalue weighted by molar-refractivity contribution is 0.0372. The molecule has 3 aromatic rings. The summed E-state index contributed by atoms with van der Waals surface area (Å²) in [5.41, 5.74) is 2.01. The van der Waals surface area contributed by atoms with Gasteiger partial charge in [0.15, 0.2) is 11.5 Å². The number of aryl methyl sites for hydroxylation is 2. The summed E-state index contributed by atoms with van der Waals surface area (Å²) in [6, 6.07) is 7.25. The van der Waals surface area contributed by atoms with Crippen LogP contribution in [-0.4, -0.2) is 81.8 Å². The molecule has 1 aliphatic heterocycles. The van der Waals surface area contributed by atoms with E-state index < -0.39 is 18.1 Å². The van der Waals surface area contributed by atoms with Crippen LogP contribution in [0.5, 0.6) is 5.75 Å². The number of urea groups is 1. The Morgan fingerprint density at radius 2 is 1.93 bits per heavy atom. The van der Waals surface area contributed by atoms with Crippen molar-refractivity contribution in [1.29, 1.82) is 0 Å². The first kappa shape index (κ1) is 28.6. The quantitative estimate of drug-likeness (QED) is 0.405. The minimum Gasteiger partial charge on any atom is -0.485 e. The van der Waals surface area contributed by atoms with Gasteiger partial charge >= 0.3 is 6.03 Å². The molecule has 12 heteroatoms. The first-order valence-electron chi connectivity index (χ1n) is 13.0. The van der Waals surface area contributed by atoms with Crippen LogP contribution in [0, 0.1) is 19.8 Å². The van der Waals surface area contributed by atoms with E-state index in [1.807, 2.05) is 6.92 Å². The predicted molar refractivity (Wildman–Crippen MR) is 147 cm³/mol. The minimum atomic E-state index is -0.570. The zero-order valence-corrected chi connectivity index (χ0v) is 23.2. The molecule has 212 valence electrons. The van der Waals surface area contributed by atoms with Crippen molar-refractivity contribution in [3.8, 4) is 5.75 Å². The molecule has 0 saturated carbocycles. The molecule has 1 aliphatic rings. The number of benzene rings is 1. The summed E-state index contributed by atoms with van der Waals surface area (Å²) in [6.07, 6.45) is 2.46. The smallest absolute Gasteiger partial charge is 0.321 e. The van der Waals surface area contributed by atoms with Crippen molar-refractivity contribution >= 4 is 29.2 Å². The van der Waals surface area contributed by atoms with Gasteiger partial charge in [-0.25, -0.2) is 4.79 Å². The number of aromatic nitrogens is 2. The molecule has 0 saturated heterocycles. The van der Waals surface area contributed by atoms with E-state index in [-0.39, 0.29) is 48.9 Å². The van der Waals surface area contributed by atoms with Crippen LogP contribution in [0.25, 0.3) is 0 Å². The molecular weight excluding hydrogens is 516 g/mol. The van der Waals surface area contributed by atoms with Gasteiger partial charge in [0.1, 0.15) is 17.5 Å². The molecule has 2 aromatic heterocycles. The second-order valence-electron chi connectivity index (χ2n) is 10.0. The van der Waals surface area contributed by atoms with Crippen molar-refractivity contribution in [3.05, 3.63) is 65.3 Å². The Morgan fingerprint density at radius 1 is 1.20 bits per heavy atom. The zero-order chi connectivity index (χ0) is 29.0. The van der Waals surface area contributed by atoms with E-state index in [9.17, 15) is 19.5 Å². The number of fused-ring (bicyclic) bond motifs is 1. The van der Waals surface area contributed by atoms with Crippen molar-refractivity contribution in [1.82, 2.24) is 19.9 Å². The van der Waals surface area contributed by atoms with Crippen LogP contribution in [0.1, 0.15) is 46.0 Å². The van der Waals surface area contributed by atoms with Gasteiger partial charge in [0.2, 0.25) is 0 Å². The fourth-order valence-corrected chi connectivity index (χ4v) is 4.47. The first-order chi connectivity index (χ1) is 19.1. The first-order valence-corrected chi connectivity index (χ1v) is 13.0. The number of hydrogen-bond donors (Lipinski definition) is 3. The van der Waals surface area contributed by atoms with Crippen molar-refractivity contribution < 1.29 is 28.8 Å². The van der Waals surface area contributed by atoms with E-state index in [4.69, 9.17) is 9.26 Å². The average Bonchev–Trinajstić information content (AvgIpc) is 3.27. The van der Waals surface area contributed by atoms with Gasteiger partial charge in [0.05, 0.1) is 30.4 Å². The Kier molecular flexibility index (Phi) is 8.68. The number of pyridine rings is 1. The van der Waals surface area contributed by atoms with Crippen LogP contribution in [0.15, 0.2) is 47.2 Å². The number of hydrogen-bond acceptors (Lipinski definition) is 8. The molecule has 4 rings (SSSR count). The lowest BCUT2D eigenvalue weighted by atomic mass is 9.99. The van der Waals surface area contributed by atoms with Gasteiger partial charge in [-0.15, -0.1) is 0 Å². The fourth-order valence-electron chi connectivity index (χ4n) is 4.47. The monoisotopic (exact) mass is 550 g/mol. The topological polar surface area (TPSA) is 150 Å². The molecule has 3 N–H and O–H groups in total. The maximum atomic E-state index is 13.6. The number of carbonyl (C=O) groups is 3. The van der Waals surface area contributed by atoms with Gasteiger partial charge in [-0.2, -0.15) is 0 Å². The molecule has 0 fully saturated rings. The van der Waals surface area contributed by atoms with Crippen molar-refractivity contribution in [2.24, 2.45) is 5.92 Å². The number of aliphatic hydroxyl groups excluding tert-OH is 1. The van der Waals surface area contributed by atoms with E-state index in [1.54, 1.807) is 63.1 Å². The van der Waals surface area contributed by atoms with Crippen LogP contribution in [0.3, 0.4) is 0 Å². The molecule has 12 nitrogen and oxygen atoms in total. The number of carbonyl (C=O) groups excluding carboxylic acids is 3. The normalized spacial score (nSPS) is 17.6. The van der Waals surface area contributed by atoms with E-state index in [2.05, 4.69) is 20.8 Å². The third-order valence-electron chi connectivity index (χ3n) is 6.95. The number of nitrogens with one attached hydrogen (secondary N) is 2. The van der Waals surface area contributed by atoms with Gasteiger partial charge in [-0.3, -0.25) is 14.6 Å². The highest BCUT2D eigenvalue weighted by Crippen LogP contribution is 2.35. The lowest BCUT2D eigenvalue weighted by Crippen LogP contribution is -2.50. The molecule has 0 spiro atoms. The number of anilines is 2. The highest BCUT2D eigenvalue weighted by atomic mass is 16.5. The molecule has 0 aliphatic carbocycles. The van der Waals surface area contributed by atoms with Gasteiger partial charge in [-0.1, -0.05) is 18.1 Å². The van der Waals surface area contributed by atoms with Crippen LogP contribution in [-0.2, 0) is 0 Å². The van der Waals surface area contributed by atoms with Crippen LogP contribution in [0.2, 0.25) is 0 Å². The molecule has 0 unspecified atom stereocenters. The predicted octanol–water partition coefficient (Wildman–Crippen LogP) is 3.32. The summed E-state index contributed by atoms with van der Waals surface area (Å²) in [5, 5.41) is 19.4. The number of nitrogens with zero attached hydrogens (tertiary/aromatic N) is 4. The summed E-state index contributed by atoms with van der Waals surface area (Å²) < 4.78 is 11.6. The maximum absolute atomic E-state index is 13.6. The second-order valence-corrected chi connectivity index (χ2v) is 10.0. The summed E-state index contributed by atoms with van der Waals surface area (Å²) in [5.74, 6) is -0.280. The van der Waals surface area contributed by atoms with Crippen LogP contribution < -0.4 is 15.4 Å². The van der Waals surface area contributed by atoms with Crippen molar-refractivity contribution in [2.75, 3.05) is 37.4 Å². The number of aliphatic hydroxyl groups is 1. The van der Waals surface area contributed by atoms with Gasteiger partial charge in [0, 0.05) is 37.5 Å². The zero-order valence-electron chi connectivity index (χ0n) is 23.2. The van der Waals surface area contributed by atoms with Crippen molar-refractivity contribution in [2.45, 2.75) is 39.8 Å². The lowest BCUT2D eigenvalue weighted by Gasteiger charge is -2.38. The van der Waals surface area contributed by atoms with Crippen LogP contribution >= 0.6 is 0 Å². The Morgan fingerprint density at radius 3 is 2.58 bits per heavy atom. The average molecular weight is 551 g/mol. The number of ether oxygens (including phenoxy) is 1. The van der Waals surface area contributed by atoms with Crippen molar-refractivity contribution in [3.63, 3.8) is 0 Å². The summed E-state index contributed by atoms with van der Waals surface area (Å²) >= 11 is 0. The Balaban J connectivity index is 1.66.